The van der Waals surface area contributed by atoms with Crippen LogP contribution in [0, 0.1) is 12.8 Å². The van der Waals surface area contributed by atoms with Gasteiger partial charge in [-0.1, -0.05) is 6.92 Å². The number of piperidine rings is 1. The predicted octanol–water partition coefficient (Wildman–Crippen LogP) is 2.67. The lowest BCUT2D eigenvalue weighted by molar-refractivity contribution is 0.0982. The fourth-order valence-electron chi connectivity index (χ4n) is 2.72. The van der Waals surface area contributed by atoms with Gasteiger partial charge in [0.15, 0.2) is 0 Å². The number of nitrogens with two attached hydrogens (primary N) is 1. The maximum atomic E-state index is 5.78. The molecular formula is C14H24N2O. The average Bonchev–Trinajstić information content (AvgIpc) is 2.65. The lowest BCUT2D eigenvalue weighted by Gasteiger charge is -2.37. The van der Waals surface area contributed by atoms with Crippen LogP contribution in [-0.4, -0.2) is 17.5 Å². The Bertz CT molecular complexity index is 372. The first kappa shape index (κ1) is 12.7. The van der Waals surface area contributed by atoms with Gasteiger partial charge >= 0.3 is 0 Å². The number of rotatable bonds is 3. The van der Waals surface area contributed by atoms with Crippen LogP contribution in [0.2, 0.25) is 0 Å². The van der Waals surface area contributed by atoms with Gasteiger partial charge in [0, 0.05) is 6.04 Å². The maximum Gasteiger partial charge on any atom is 0.120 e. The van der Waals surface area contributed by atoms with Crippen molar-refractivity contribution in [1.29, 1.82) is 0 Å². The van der Waals surface area contributed by atoms with E-state index in [1.54, 1.807) is 0 Å². The molecule has 17 heavy (non-hydrogen) atoms. The minimum Gasteiger partial charge on any atom is -0.463 e. The standard InChI is InChI=1S/C14H24N2O/c1-10-5-4-6-16(12(10)3)9-13-7-11(2)14(8-15)17-13/h7,10,12H,4-6,8-9,15H2,1-3H3. The molecule has 2 rings (SSSR count). The number of aryl methyl sites for hydroxylation is 1. The molecule has 0 radical (unpaired) electrons. The van der Waals surface area contributed by atoms with Crippen LogP contribution in [0.1, 0.15) is 43.8 Å². The molecule has 3 heteroatoms. The Morgan fingerprint density at radius 3 is 2.88 bits per heavy atom. The summed E-state index contributed by atoms with van der Waals surface area (Å²) in [6.07, 6.45) is 2.65. The van der Waals surface area contributed by atoms with Gasteiger partial charge in [0.05, 0.1) is 13.1 Å². The summed E-state index contributed by atoms with van der Waals surface area (Å²) in [5, 5.41) is 0. The van der Waals surface area contributed by atoms with Crippen molar-refractivity contribution < 1.29 is 4.42 Å². The Balaban J connectivity index is 2.04. The predicted molar refractivity (Wildman–Crippen MR) is 69.6 cm³/mol. The molecule has 96 valence electrons. The Kier molecular flexibility index (Phi) is 3.89. The molecule has 0 spiro atoms. The molecule has 2 atom stereocenters. The molecular weight excluding hydrogens is 212 g/mol. The molecule has 1 saturated heterocycles. The van der Waals surface area contributed by atoms with Gasteiger partial charge in [0.2, 0.25) is 0 Å². The van der Waals surface area contributed by atoms with E-state index in [1.807, 2.05) is 0 Å². The van der Waals surface area contributed by atoms with E-state index in [4.69, 9.17) is 10.2 Å². The average molecular weight is 236 g/mol. The van der Waals surface area contributed by atoms with Gasteiger partial charge in [-0.05, 0) is 50.8 Å². The van der Waals surface area contributed by atoms with Gasteiger partial charge < -0.3 is 10.2 Å². The van der Waals surface area contributed by atoms with Crippen molar-refractivity contribution in [3.05, 3.63) is 23.2 Å². The molecule has 1 aliphatic rings. The summed E-state index contributed by atoms with van der Waals surface area (Å²) in [6, 6.07) is 2.78. The summed E-state index contributed by atoms with van der Waals surface area (Å²) < 4.78 is 5.78. The summed E-state index contributed by atoms with van der Waals surface area (Å²) in [7, 11) is 0. The number of nitrogens with zero attached hydrogens (tertiary/aromatic N) is 1. The molecule has 0 aromatic carbocycles. The lowest BCUT2D eigenvalue weighted by atomic mass is 9.92. The van der Waals surface area contributed by atoms with Gasteiger partial charge in [0.25, 0.3) is 0 Å². The van der Waals surface area contributed by atoms with Crippen LogP contribution in [0.4, 0.5) is 0 Å². The Morgan fingerprint density at radius 2 is 2.24 bits per heavy atom. The third-order valence-corrected chi connectivity index (χ3v) is 4.12. The van der Waals surface area contributed by atoms with Crippen LogP contribution in [0.3, 0.4) is 0 Å². The van der Waals surface area contributed by atoms with Gasteiger partial charge in [-0.2, -0.15) is 0 Å². The molecule has 0 bridgehead atoms. The summed E-state index contributed by atoms with van der Waals surface area (Å²) in [4.78, 5) is 2.52. The van der Waals surface area contributed by atoms with Crippen molar-refractivity contribution >= 4 is 0 Å². The lowest BCUT2D eigenvalue weighted by Crippen LogP contribution is -2.41. The zero-order chi connectivity index (χ0) is 12.4. The molecule has 1 aromatic heterocycles. The second-order valence-corrected chi connectivity index (χ2v) is 5.35. The van der Waals surface area contributed by atoms with E-state index in [0.717, 1.165) is 24.0 Å². The molecule has 0 saturated carbocycles. The van der Waals surface area contributed by atoms with Crippen LogP contribution in [0.25, 0.3) is 0 Å². The number of hydrogen-bond donors (Lipinski definition) is 1. The summed E-state index contributed by atoms with van der Waals surface area (Å²) >= 11 is 0. The SMILES string of the molecule is Cc1cc(CN2CCCC(C)C2C)oc1CN. The van der Waals surface area contributed by atoms with Crippen molar-refractivity contribution in [2.45, 2.75) is 52.7 Å². The molecule has 1 fully saturated rings. The normalized spacial score (nSPS) is 26.4. The fraction of sp³-hybridized carbons (Fsp3) is 0.714. The quantitative estimate of drug-likeness (QED) is 0.877. The van der Waals surface area contributed by atoms with Crippen LogP contribution < -0.4 is 5.73 Å². The second kappa shape index (κ2) is 5.23. The van der Waals surface area contributed by atoms with E-state index in [9.17, 15) is 0 Å². The topological polar surface area (TPSA) is 42.4 Å². The minimum atomic E-state index is 0.498. The molecule has 1 aliphatic heterocycles. The van der Waals surface area contributed by atoms with E-state index in [-0.39, 0.29) is 0 Å². The molecule has 3 nitrogen and oxygen atoms in total. The molecule has 2 unspecified atom stereocenters. The second-order valence-electron chi connectivity index (χ2n) is 5.35. The number of hydrogen-bond acceptors (Lipinski definition) is 3. The Morgan fingerprint density at radius 1 is 1.47 bits per heavy atom. The van der Waals surface area contributed by atoms with Crippen LogP contribution in [0.15, 0.2) is 10.5 Å². The largest absolute Gasteiger partial charge is 0.463 e. The highest BCUT2D eigenvalue weighted by Crippen LogP contribution is 2.25. The Hall–Kier alpha value is -0.800. The van der Waals surface area contributed by atoms with Gasteiger partial charge in [-0.25, -0.2) is 0 Å². The summed E-state index contributed by atoms with van der Waals surface area (Å²) in [6.45, 7) is 9.34. The minimum absolute atomic E-state index is 0.498. The van der Waals surface area contributed by atoms with Gasteiger partial charge in [-0.15, -0.1) is 0 Å². The van der Waals surface area contributed by atoms with E-state index >= 15 is 0 Å². The molecule has 1 aromatic rings. The first-order valence-corrected chi connectivity index (χ1v) is 6.64. The summed E-state index contributed by atoms with van der Waals surface area (Å²) in [5.41, 5.74) is 6.82. The first-order valence-electron chi connectivity index (χ1n) is 6.64. The number of likely N-dealkylation sites (tertiary alicyclic amines) is 1. The Labute approximate surface area is 104 Å². The smallest absolute Gasteiger partial charge is 0.120 e. The highest BCUT2D eigenvalue weighted by Gasteiger charge is 2.25. The van der Waals surface area contributed by atoms with Crippen molar-refractivity contribution in [3.8, 4) is 0 Å². The van der Waals surface area contributed by atoms with Crippen molar-refractivity contribution in [2.75, 3.05) is 6.54 Å². The molecule has 2 N–H and O–H groups in total. The van der Waals surface area contributed by atoms with E-state index in [0.29, 0.717) is 12.6 Å². The van der Waals surface area contributed by atoms with Crippen molar-refractivity contribution in [3.63, 3.8) is 0 Å². The molecule has 0 aliphatic carbocycles. The van der Waals surface area contributed by atoms with Gasteiger partial charge in [-0.3, -0.25) is 4.90 Å². The van der Waals surface area contributed by atoms with E-state index in [1.165, 1.54) is 24.9 Å². The third-order valence-electron chi connectivity index (χ3n) is 4.12. The van der Waals surface area contributed by atoms with Gasteiger partial charge in [0.1, 0.15) is 11.5 Å². The maximum absolute atomic E-state index is 5.78. The zero-order valence-electron chi connectivity index (χ0n) is 11.2. The fourth-order valence-corrected chi connectivity index (χ4v) is 2.72. The molecule has 2 heterocycles. The zero-order valence-corrected chi connectivity index (χ0v) is 11.2. The number of furan rings is 1. The van der Waals surface area contributed by atoms with Crippen LogP contribution >= 0.6 is 0 Å². The van der Waals surface area contributed by atoms with Crippen LogP contribution in [-0.2, 0) is 13.1 Å². The first-order chi connectivity index (χ1) is 8.11. The third kappa shape index (κ3) is 2.72. The van der Waals surface area contributed by atoms with E-state index < -0.39 is 0 Å². The molecule has 0 amide bonds. The van der Waals surface area contributed by atoms with Crippen molar-refractivity contribution in [1.82, 2.24) is 4.90 Å². The highest BCUT2D eigenvalue weighted by atomic mass is 16.3. The summed E-state index contributed by atoms with van der Waals surface area (Å²) in [5.74, 6) is 2.77. The highest BCUT2D eigenvalue weighted by molar-refractivity contribution is 5.19. The van der Waals surface area contributed by atoms with Crippen molar-refractivity contribution in [2.24, 2.45) is 11.7 Å². The monoisotopic (exact) mass is 236 g/mol. The van der Waals surface area contributed by atoms with Crippen LogP contribution in [0.5, 0.6) is 0 Å². The van der Waals surface area contributed by atoms with E-state index in [2.05, 4.69) is 31.7 Å².